The second-order valence-electron chi connectivity index (χ2n) is 4.25. The van der Waals surface area contributed by atoms with Gasteiger partial charge in [-0.1, -0.05) is 0 Å². The maximum atomic E-state index is 12.9. The molecule has 1 heterocycles. The topological polar surface area (TPSA) is 49.0 Å². The molecule has 1 aromatic heterocycles. The minimum Gasteiger partial charge on any atom is -0.467 e. The number of nitriles is 1. The lowest BCUT2D eigenvalue weighted by molar-refractivity contribution is -0.137. The Morgan fingerprint density at radius 2 is 2.05 bits per heavy atom. The molecule has 0 amide bonds. The van der Waals surface area contributed by atoms with Crippen LogP contribution in [0.4, 0.5) is 18.9 Å². The standard InChI is InChI=1S/C14H11F3N2O/c1-9-4-5-20-13(9)8-19-12-3-2-10(7-18)6-11(12)14(15,16)17/h2-6,19H,8H2,1H3. The molecule has 3 nitrogen and oxygen atoms in total. The second kappa shape index (κ2) is 5.29. The van der Waals surface area contributed by atoms with Gasteiger partial charge in [-0.2, -0.15) is 18.4 Å². The molecule has 0 atom stereocenters. The van der Waals surface area contributed by atoms with Gasteiger partial charge >= 0.3 is 6.18 Å². The molecular formula is C14H11F3N2O. The first-order valence-corrected chi connectivity index (χ1v) is 5.80. The fourth-order valence-corrected chi connectivity index (χ4v) is 1.76. The number of anilines is 1. The Labute approximate surface area is 113 Å². The SMILES string of the molecule is Cc1ccoc1CNc1ccc(C#N)cc1C(F)(F)F. The molecule has 0 aliphatic heterocycles. The Bertz CT molecular complexity index is 653. The minimum atomic E-state index is -4.52. The predicted molar refractivity (Wildman–Crippen MR) is 66.9 cm³/mol. The van der Waals surface area contributed by atoms with Crippen molar-refractivity contribution >= 4 is 5.69 Å². The fourth-order valence-electron chi connectivity index (χ4n) is 1.76. The molecule has 0 saturated carbocycles. The quantitative estimate of drug-likeness (QED) is 0.921. The number of benzene rings is 1. The van der Waals surface area contributed by atoms with Gasteiger partial charge in [0.05, 0.1) is 30.0 Å². The highest BCUT2D eigenvalue weighted by atomic mass is 19.4. The molecule has 104 valence electrons. The van der Waals surface area contributed by atoms with Crippen LogP contribution >= 0.6 is 0 Å². The van der Waals surface area contributed by atoms with Gasteiger partial charge in [0.15, 0.2) is 0 Å². The summed E-state index contributed by atoms with van der Waals surface area (Å²) in [5, 5.41) is 11.4. The number of halogens is 3. The molecule has 0 fully saturated rings. The van der Waals surface area contributed by atoms with Crippen LogP contribution in [0.15, 0.2) is 34.9 Å². The van der Waals surface area contributed by atoms with Gasteiger partial charge in [0.2, 0.25) is 0 Å². The van der Waals surface area contributed by atoms with E-state index in [4.69, 9.17) is 9.68 Å². The van der Waals surface area contributed by atoms with Crippen LogP contribution in [-0.2, 0) is 12.7 Å². The summed E-state index contributed by atoms with van der Waals surface area (Å²) in [7, 11) is 0. The van der Waals surface area contributed by atoms with Crippen molar-refractivity contribution in [1.29, 1.82) is 5.26 Å². The summed E-state index contributed by atoms with van der Waals surface area (Å²) in [6.07, 6.45) is -3.04. The van der Waals surface area contributed by atoms with Crippen LogP contribution in [0.5, 0.6) is 0 Å². The van der Waals surface area contributed by atoms with E-state index in [0.29, 0.717) is 5.76 Å². The van der Waals surface area contributed by atoms with Crippen LogP contribution in [-0.4, -0.2) is 0 Å². The summed E-state index contributed by atoms with van der Waals surface area (Å²) >= 11 is 0. The fraction of sp³-hybridized carbons (Fsp3) is 0.214. The normalized spacial score (nSPS) is 11.2. The van der Waals surface area contributed by atoms with E-state index in [0.717, 1.165) is 11.6 Å². The monoisotopic (exact) mass is 280 g/mol. The van der Waals surface area contributed by atoms with E-state index in [2.05, 4.69) is 5.32 Å². The zero-order chi connectivity index (χ0) is 14.8. The number of hydrogen-bond acceptors (Lipinski definition) is 3. The van der Waals surface area contributed by atoms with Gasteiger partial charge in [-0.25, -0.2) is 0 Å². The molecule has 0 aliphatic carbocycles. The lowest BCUT2D eigenvalue weighted by atomic mass is 10.1. The average molecular weight is 280 g/mol. The number of aryl methyl sites for hydroxylation is 1. The first-order chi connectivity index (χ1) is 9.41. The highest BCUT2D eigenvalue weighted by Crippen LogP contribution is 2.35. The first kappa shape index (κ1) is 14.0. The number of nitrogens with zero attached hydrogens (tertiary/aromatic N) is 1. The molecule has 2 aromatic rings. The van der Waals surface area contributed by atoms with E-state index in [-0.39, 0.29) is 17.8 Å². The molecule has 0 bridgehead atoms. The number of rotatable bonds is 3. The third-order valence-electron chi connectivity index (χ3n) is 2.86. The Morgan fingerprint density at radius 1 is 1.30 bits per heavy atom. The Hall–Kier alpha value is -2.42. The van der Waals surface area contributed by atoms with E-state index in [9.17, 15) is 13.2 Å². The van der Waals surface area contributed by atoms with Crippen LogP contribution in [0.1, 0.15) is 22.5 Å². The lowest BCUT2D eigenvalue weighted by Crippen LogP contribution is -2.11. The highest BCUT2D eigenvalue weighted by molar-refractivity contribution is 5.56. The third-order valence-corrected chi connectivity index (χ3v) is 2.86. The zero-order valence-corrected chi connectivity index (χ0v) is 10.6. The lowest BCUT2D eigenvalue weighted by Gasteiger charge is -2.14. The van der Waals surface area contributed by atoms with Gasteiger partial charge in [0.1, 0.15) is 5.76 Å². The maximum Gasteiger partial charge on any atom is 0.418 e. The molecule has 0 saturated heterocycles. The first-order valence-electron chi connectivity index (χ1n) is 5.80. The van der Waals surface area contributed by atoms with E-state index in [1.54, 1.807) is 12.1 Å². The molecule has 0 radical (unpaired) electrons. The van der Waals surface area contributed by atoms with Crippen molar-refractivity contribution in [2.45, 2.75) is 19.6 Å². The number of nitrogens with one attached hydrogen (secondary N) is 1. The molecule has 20 heavy (non-hydrogen) atoms. The van der Waals surface area contributed by atoms with Crippen LogP contribution < -0.4 is 5.32 Å². The van der Waals surface area contributed by atoms with Crippen molar-refractivity contribution in [3.63, 3.8) is 0 Å². The highest BCUT2D eigenvalue weighted by Gasteiger charge is 2.33. The van der Waals surface area contributed by atoms with Crippen molar-refractivity contribution in [2.75, 3.05) is 5.32 Å². The van der Waals surface area contributed by atoms with Crippen molar-refractivity contribution in [1.82, 2.24) is 0 Å². The van der Waals surface area contributed by atoms with Gasteiger partial charge in [-0.15, -0.1) is 0 Å². The van der Waals surface area contributed by atoms with Crippen LogP contribution in [0, 0.1) is 18.3 Å². The van der Waals surface area contributed by atoms with E-state index in [1.807, 2.05) is 6.92 Å². The second-order valence-corrected chi connectivity index (χ2v) is 4.25. The number of alkyl halides is 3. The van der Waals surface area contributed by atoms with Crippen LogP contribution in [0.3, 0.4) is 0 Å². The minimum absolute atomic E-state index is 0.0305. The van der Waals surface area contributed by atoms with Crippen molar-refractivity contribution in [3.05, 3.63) is 53.0 Å². The summed E-state index contributed by atoms with van der Waals surface area (Å²) in [4.78, 5) is 0. The van der Waals surface area contributed by atoms with Gasteiger partial charge in [-0.05, 0) is 36.8 Å². The van der Waals surface area contributed by atoms with Crippen molar-refractivity contribution in [2.24, 2.45) is 0 Å². The number of furan rings is 1. The predicted octanol–water partition coefficient (Wildman–Crippen LogP) is 4.09. The smallest absolute Gasteiger partial charge is 0.418 e. The van der Waals surface area contributed by atoms with E-state index >= 15 is 0 Å². The van der Waals surface area contributed by atoms with Gasteiger partial charge in [0.25, 0.3) is 0 Å². The zero-order valence-electron chi connectivity index (χ0n) is 10.6. The van der Waals surface area contributed by atoms with Crippen molar-refractivity contribution in [3.8, 4) is 6.07 Å². The third kappa shape index (κ3) is 2.94. The Kier molecular flexibility index (Phi) is 3.70. The number of hydrogen-bond donors (Lipinski definition) is 1. The van der Waals surface area contributed by atoms with E-state index in [1.165, 1.54) is 18.4 Å². The van der Waals surface area contributed by atoms with Gasteiger partial charge in [-0.3, -0.25) is 0 Å². The summed E-state index contributed by atoms with van der Waals surface area (Å²) in [6, 6.07) is 6.86. The molecule has 0 unspecified atom stereocenters. The van der Waals surface area contributed by atoms with Crippen LogP contribution in [0.25, 0.3) is 0 Å². The maximum absolute atomic E-state index is 12.9. The molecule has 6 heteroatoms. The Balaban J connectivity index is 2.28. The molecule has 1 N–H and O–H groups in total. The van der Waals surface area contributed by atoms with Gasteiger partial charge < -0.3 is 9.73 Å². The van der Waals surface area contributed by atoms with Gasteiger partial charge in [0, 0.05) is 5.69 Å². The molecule has 2 rings (SSSR count). The molecule has 0 spiro atoms. The summed E-state index contributed by atoms with van der Waals surface area (Å²) in [5.41, 5.74) is -0.107. The van der Waals surface area contributed by atoms with Crippen molar-refractivity contribution < 1.29 is 17.6 Å². The molecule has 1 aromatic carbocycles. The molecule has 0 aliphatic rings. The summed E-state index contributed by atoms with van der Waals surface area (Å²) < 4.78 is 44.0. The summed E-state index contributed by atoms with van der Waals surface area (Å²) in [6.45, 7) is 1.96. The molecular weight excluding hydrogens is 269 g/mol. The average Bonchev–Trinajstić information content (AvgIpc) is 2.80. The Morgan fingerprint density at radius 3 is 2.60 bits per heavy atom. The van der Waals surface area contributed by atoms with E-state index < -0.39 is 11.7 Å². The largest absolute Gasteiger partial charge is 0.467 e. The van der Waals surface area contributed by atoms with Crippen LogP contribution in [0.2, 0.25) is 0 Å². The summed E-state index contributed by atoms with van der Waals surface area (Å²) in [5.74, 6) is 0.572.